The fourth-order valence-electron chi connectivity index (χ4n) is 1.59. The fourth-order valence-corrected chi connectivity index (χ4v) is 1.59. The van der Waals surface area contributed by atoms with Crippen LogP contribution in [0, 0.1) is 17.1 Å². The average molecular weight is 220 g/mol. The minimum atomic E-state index is -0.381. The van der Waals surface area contributed by atoms with Gasteiger partial charge in [0.2, 0.25) is 0 Å². The van der Waals surface area contributed by atoms with Gasteiger partial charge < -0.3 is 4.90 Å². The van der Waals surface area contributed by atoms with Gasteiger partial charge in [-0.1, -0.05) is 25.5 Å². The summed E-state index contributed by atoms with van der Waals surface area (Å²) in [6.45, 7) is 3.64. The highest BCUT2D eigenvalue weighted by Crippen LogP contribution is 2.13. The van der Waals surface area contributed by atoms with E-state index in [9.17, 15) is 4.39 Å². The lowest BCUT2D eigenvalue weighted by Crippen LogP contribution is -2.19. The maximum atomic E-state index is 13.7. The highest BCUT2D eigenvalue weighted by Gasteiger charge is 2.09. The molecule has 0 aliphatic rings. The first kappa shape index (κ1) is 12.7. The summed E-state index contributed by atoms with van der Waals surface area (Å²) in [6.07, 6.45) is 2.24. The molecule has 0 atom stereocenters. The maximum Gasteiger partial charge on any atom is 0.145 e. The Morgan fingerprint density at radius 1 is 1.44 bits per heavy atom. The van der Waals surface area contributed by atoms with E-state index in [4.69, 9.17) is 5.26 Å². The molecule has 1 rings (SSSR count). The molecule has 1 aromatic rings. The standard InChI is InChI=1S/C13H17FN2/c1-3-4-8-16(2)10-12-7-5-6-11(9-15)13(12)14/h5-7H,3-4,8,10H2,1-2H3. The monoisotopic (exact) mass is 220 g/mol. The first-order valence-corrected chi connectivity index (χ1v) is 5.55. The molecule has 0 amide bonds. The Bertz CT molecular complexity index is 382. The van der Waals surface area contributed by atoms with Crippen molar-refractivity contribution in [2.24, 2.45) is 0 Å². The van der Waals surface area contributed by atoms with Crippen LogP contribution in [-0.4, -0.2) is 18.5 Å². The summed E-state index contributed by atoms with van der Waals surface area (Å²) in [4.78, 5) is 2.07. The zero-order valence-corrected chi connectivity index (χ0v) is 9.83. The van der Waals surface area contributed by atoms with Crippen molar-refractivity contribution in [3.05, 3.63) is 35.1 Å². The van der Waals surface area contributed by atoms with Gasteiger partial charge in [0.15, 0.2) is 0 Å². The van der Waals surface area contributed by atoms with E-state index in [2.05, 4.69) is 11.8 Å². The van der Waals surface area contributed by atoms with E-state index in [-0.39, 0.29) is 11.4 Å². The molecule has 0 aromatic heterocycles. The normalized spacial score (nSPS) is 10.4. The van der Waals surface area contributed by atoms with Crippen molar-refractivity contribution in [2.45, 2.75) is 26.3 Å². The molecular weight excluding hydrogens is 203 g/mol. The van der Waals surface area contributed by atoms with Crippen molar-refractivity contribution in [3.63, 3.8) is 0 Å². The molecule has 0 saturated carbocycles. The van der Waals surface area contributed by atoms with Gasteiger partial charge in [-0.2, -0.15) is 5.26 Å². The fraction of sp³-hybridized carbons (Fsp3) is 0.462. The summed E-state index contributed by atoms with van der Waals surface area (Å²) in [7, 11) is 1.97. The van der Waals surface area contributed by atoms with Crippen LogP contribution in [0.1, 0.15) is 30.9 Å². The lowest BCUT2D eigenvalue weighted by Gasteiger charge is -2.16. The van der Waals surface area contributed by atoms with E-state index in [0.717, 1.165) is 19.4 Å². The third-order valence-electron chi connectivity index (χ3n) is 2.53. The molecule has 0 radical (unpaired) electrons. The molecule has 2 nitrogen and oxygen atoms in total. The van der Waals surface area contributed by atoms with E-state index < -0.39 is 0 Å². The second-order valence-corrected chi connectivity index (χ2v) is 3.98. The van der Waals surface area contributed by atoms with Gasteiger partial charge in [-0.15, -0.1) is 0 Å². The Balaban J connectivity index is 2.70. The summed E-state index contributed by atoms with van der Waals surface area (Å²) in [5.74, 6) is -0.381. The average Bonchev–Trinajstić information content (AvgIpc) is 2.29. The molecule has 0 spiro atoms. The van der Waals surface area contributed by atoms with Crippen LogP contribution in [0.2, 0.25) is 0 Å². The van der Waals surface area contributed by atoms with Crippen LogP contribution in [0.5, 0.6) is 0 Å². The first-order chi connectivity index (χ1) is 7.69. The molecule has 0 aliphatic carbocycles. The Morgan fingerprint density at radius 3 is 2.81 bits per heavy atom. The number of hydrogen-bond donors (Lipinski definition) is 0. The van der Waals surface area contributed by atoms with E-state index in [0.29, 0.717) is 12.1 Å². The predicted molar refractivity (Wildman–Crippen MR) is 62.4 cm³/mol. The van der Waals surface area contributed by atoms with Crippen LogP contribution in [0.25, 0.3) is 0 Å². The third-order valence-corrected chi connectivity index (χ3v) is 2.53. The number of halogens is 1. The number of nitriles is 1. The molecular formula is C13H17FN2. The first-order valence-electron chi connectivity index (χ1n) is 5.55. The summed E-state index contributed by atoms with van der Waals surface area (Å²) in [5, 5.41) is 8.71. The predicted octanol–water partition coefficient (Wildman–Crippen LogP) is 2.93. The number of hydrogen-bond acceptors (Lipinski definition) is 2. The Labute approximate surface area is 96.3 Å². The lowest BCUT2D eigenvalue weighted by molar-refractivity contribution is 0.315. The van der Waals surface area contributed by atoms with Gasteiger partial charge >= 0.3 is 0 Å². The molecule has 0 fully saturated rings. The smallest absolute Gasteiger partial charge is 0.145 e. The molecule has 0 aliphatic heterocycles. The highest BCUT2D eigenvalue weighted by molar-refractivity contribution is 5.34. The van der Waals surface area contributed by atoms with Crippen molar-refractivity contribution < 1.29 is 4.39 Å². The minimum absolute atomic E-state index is 0.126. The quantitative estimate of drug-likeness (QED) is 0.762. The summed E-state index contributed by atoms with van der Waals surface area (Å²) in [6, 6.07) is 6.82. The number of nitrogens with zero attached hydrogens (tertiary/aromatic N) is 2. The van der Waals surface area contributed by atoms with Crippen molar-refractivity contribution in [3.8, 4) is 6.07 Å². The Hall–Kier alpha value is -1.40. The maximum absolute atomic E-state index is 13.7. The van der Waals surface area contributed by atoms with Gasteiger partial charge in [-0.05, 0) is 26.1 Å². The van der Waals surface area contributed by atoms with Crippen molar-refractivity contribution >= 4 is 0 Å². The molecule has 0 unspecified atom stereocenters. The van der Waals surface area contributed by atoms with Crippen molar-refractivity contribution in [2.75, 3.05) is 13.6 Å². The van der Waals surface area contributed by atoms with Crippen LogP contribution in [-0.2, 0) is 6.54 Å². The minimum Gasteiger partial charge on any atom is -0.302 e. The van der Waals surface area contributed by atoms with E-state index in [1.54, 1.807) is 12.1 Å². The summed E-state index contributed by atoms with van der Waals surface area (Å²) in [5.41, 5.74) is 0.721. The van der Waals surface area contributed by atoms with Crippen LogP contribution in [0.15, 0.2) is 18.2 Å². The van der Waals surface area contributed by atoms with Gasteiger partial charge in [0.05, 0.1) is 5.56 Å². The lowest BCUT2D eigenvalue weighted by atomic mass is 10.1. The highest BCUT2D eigenvalue weighted by atomic mass is 19.1. The Morgan fingerprint density at radius 2 is 2.19 bits per heavy atom. The largest absolute Gasteiger partial charge is 0.302 e. The van der Waals surface area contributed by atoms with Gasteiger partial charge in [0.25, 0.3) is 0 Å². The molecule has 16 heavy (non-hydrogen) atoms. The Kier molecular flexibility index (Phi) is 4.94. The molecule has 1 aromatic carbocycles. The SMILES string of the molecule is CCCCN(C)Cc1cccc(C#N)c1F. The third kappa shape index (κ3) is 3.32. The molecule has 0 N–H and O–H groups in total. The van der Waals surface area contributed by atoms with E-state index >= 15 is 0 Å². The number of rotatable bonds is 5. The van der Waals surface area contributed by atoms with Gasteiger partial charge in [-0.25, -0.2) is 4.39 Å². The van der Waals surface area contributed by atoms with Crippen LogP contribution >= 0.6 is 0 Å². The molecule has 86 valence electrons. The van der Waals surface area contributed by atoms with Gasteiger partial charge in [0, 0.05) is 12.1 Å². The number of benzene rings is 1. The van der Waals surface area contributed by atoms with Crippen LogP contribution in [0.3, 0.4) is 0 Å². The topological polar surface area (TPSA) is 27.0 Å². The molecule has 3 heteroatoms. The molecule has 0 bridgehead atoms. The van der Waals surface area contributed by atoms with Gasteiger partial charge in [0.1, 0.15) is 11.9 Å². The second-order valence-electron chi connectivity index (χ2n) is 3.98. The summed E-state index contributed by atoms with van der Waals surface area (Å²) < 4.78 is 13.7. The summed E-state index contributed by atoms with van der Waals surface area (Å²) >= 11 is 0. The second kappa shape index (κ2) is 6.24. The van der Waals surface area contributed by atoms with E-state index in [1.807, 2.05) is 13.1 Å². The number of unbranched alkanes of at least 4 members (excludes halogenated alkanes) is 1. The van der Waals surface area contributed by atoms with Crippen molar-refractivity contribution in [1.82, 2.24) is 4.90 Å². The zero-order valence-electron chi connectivity index (χ0n) is 9.83. The molecule has 0 heterocycles. The van der Waals surface area contributed by atoms with Crippen LogP contribution in [0.4, 0.5) is 4.39 Å². The van der Waals surface area contributed by atoms with E-state index in [1.165, 1.54) is 6.07 Å². The van der Waals surface area contributed by atoms with Gasteiger partial charge in [-0.3, -0.25) is 0 Å². The van der Waals surface area contributed by atoms with Crippen molar-refractivity contribution in [1.29, 1.82) is 5.26 Å². The molecule has 0 saturated heterocycles. The van der Waals surface area contributed by atoms with Crippen LogP contribution < -0.4 is 0 Å². The zero-order chi connectivity index (χ0) is 12.0.